The lowest BCUT2D eigenvalue weighted by atomic mass is 10.1. The van der Waals surface area contributed by atoms with Crippen molar-refractivity contribution in [3.63, 3.8) is 0 Å². The standard InChI is InChI=1S/C15H20N4O2/c1-5-6-12(10(2)3)13-7-8-19(17-13)14-11(4)21-18-15(14)16-9-20/h5-8,20H,9H2,1-4H3,(H,16,18). The molecule has 21 heavy (non-hydrogen) atoms. The Hall–Kier alpha value is -2.34. The van der Waals surface area contributed by atoms with E-state index in [0.29, 0.717) is 17.3 Å². The summed E-state index contributed by atoms with van der Waals surface area (Å²) in [6.45, 7) is 7.67. The van der Waals surface area contributed by atoms with Gasteiger partial charge in [0.15, 0.2) is 17.3 Å². The van der Waals surface area contributed by atoms with Crippen molar-refractivity contribution in [3.8, 4) is 5.69 Å². The molecule has 2 aromatic heterocycles. The van der Waals surface area contributed by atoms with E-state index in [2.05, 4.69) is 29.4 Å². The van der Waals surface area contributed by atoms with E-state index in [4.69, 9.17) is 9.63 Å². The van der Waals surface area contributed by atoms with Crippen LogP contribution in [0.3, 0.4) is 0 Å². The average molecular weight is 288 g/mol. The molecule has 6 heteroatoms. The smallest absolute Gasteiger partial charge is 0.197 e. The molecular weight excluding hydrogens is 268 g/mol. The van der Waals surface area contributed by atoms with Gasteiger partial charge >= 0.3 is 0 Å². The maximum absolute atomic E-state index is 9.00. The second kappa shape index (κ2) is 6.41. The maximum Gasteiger partial charge on any atom is 0.197 e. The van der Waals surface area contributed by atoms with Crippen LogP contribution in [-0.2, 0) is 0 Å². The number of rotatable bonds is 5. The zero-order chi connectivity index (χ0) is 15.4. The predicted octanol–water partition coefficient (Wildman–Crippen LogP) is 2.90. The molecule has 0 spiro atoms. The Kier molecular flexibility index (Phi) is 4.59. The topological polar surface area (TPSA) is 76.1 Å². The Morgan fingerprint density at radius 1 is 1.48 bits per heavy atom. The average Bonchev–Trinajstić information content (AvgIpc) is 3.03. The van der Waals surface area contributed by atoms with Crippen molar-refractivity contribution in [2.45, 2.75) is 27.7 Å². The largest absolute Gasteiger partial charge is 0.377 e. The summed E-state index contributed by atoms with van der Waals surface area (Å²) in [6, 6.07) is 1.94. The molecule has 0 saturated carbocycles. The first-order chi connectivity index (χ1) is 10.1. The molecule has 2 rings (SSSR count). The third-order valence-corrected chi connectivity index (χ3v) is 3.04. The van der Waals surface area contributed by atoms with E-state index >= 15 is 0 Å². The van der Waals surface area contributed by atoms with E-state index in [0.717, 1.165) is 11.3 Å². The van der Waals surface area contributed by atoms with Crippen molar-refractivity contribution in [1.29, 1.82) is 0 Å². The van der Waals surface area contributed by atoms with E-state index in [1.807, 2.05) is 31.3 Å². The summed E-state index contributed by atoms with van der Waals surface area (Å²) in [5.74, 6) is 1.10. The Morgan fingerprint density at radius 3 is 2.86 bits per heavy atom. The molecule has 0 aromatic carbocycles. The molecule has 2 aromatic rings. The molecule has 2 heterocycles. The molecule has 0 bridgehead atoms. The van der Waals surface area contributed by atoms with Gasteiger partial charge in [0.05, 0.1) is 5.69 Å². The number of allylic oxidation sites excluding steroid dienone is 4. The Balaban J connectivity index is 2.45. The number of aromatic nitrogens is 3. The van der Waals surface area contributed by atoms with Gasteiger partial charge in [-0.05, 0) is 33.8 Å². The summed E-state index contributed by atoms with van der Waals surface area (Å²) in [4.78, 5) is 0. The van der Waals surface area contributed by atoms with Gasteiger partial charge in [0.1, 0.15) is 6.73 Å². The van der Waals surface area contributed by atoms with Gasteiger partial charge in [-0.25, -0.2) is 4.68 Å². The Bertz CT molecular complexity index is 676. The van der Waals surface area contributed by atoms with Crippen molar-refractivity contribution in [2.75, 3.05) is 12.0 Å². The minimum atomic E-state index is -0.217. The monoisotopic (exact) mass is 288 g/mol. The lowest BCUT2D eigenvalue weighted by molar-refractivity contribution is 0.322. The highest BCUT2D eigenvalue weighted by molar-refractivity contribution is 5.74. The van der Waals surface area contributed by atoms with Crippen LogP contribution in [-0.4, -0.2) is 26.8 Å². The highest BCUT2D eigenvalue weighted by atomic mass is 16.5. The number of nitrogens with zero attached hydrogens (tertiary/aromatic N) is 3. The number of aryl methyl sites for hydroxylation is 1. The number of aliphatic hydroxyl groups excluding tert-OH is 1. The summed E-state index contributed by atoms with van der Waals surface area (Å²) in [6.07, 6.45) is 5.88. The first-order valence-electron chi connectivity index (χ1n) is 6.76. The van der Waals surface area contributed by atoms with Crippen LogP contribution < -0.4 is 5.32 Å². The van der Waals surface area contributed by atoms with E-state index in [1.165, 1.54) is 5.57 Å². The van der Waals surface area contributed by atoms with Crippen LogP contribution in [0.2, 0.25) is 0 Å². The zero-order valence-corrected chi connectivity index (χ0v) is 12.7. The van der Waals surface area contributed by atoms with E-state index < -0.39 is 0 Å². The molecule has 6 nitrogen and oxygen atoms in total. The molecule has 0 atom stereocenters. The van der Waals surface area contributed by atoms with Crippen LogP contribution in [0.5, 0.6) is 0 Å². The number of aliphatic hydroxyl groups is 1. The summed E-state index contributed by atoms with van der Waals surface area (Å²) >= 11 is 0. The first kappa shape index (κ1) is 15.1. The SMILES string of the molecule is CC=CC(=C(C)C)c1ccn(-c2c(NCO)noc2C)n1. The molecule has 0 radical (unpaired) electrons. The normalized spacial score (nSPS) is 11.1. The lowest BCUT2D eigenvalue weighted by Gasteiger charge is -2.04. The van der Waals surface area contributed by atoms with Gasteiger partial charge in [-0.3, -0.25) is 0 Å². The van der Waals surface area contributed by atoms with Crippen molar-refractivity contribution in [2.24, 2.45) is 0 Å². The van der Waals surface area contributed by atoms with Gasteiger partial charge in [0.25, 0.3) is 0 Å². The molecule has 0 aliphatic rings. The van der Waals surface area contributed by atoms with Gasteiger partial charge in [-0.2, -0.15) is 5.10 Å². The van der Waals surface area contributed by atoms with Crippen molar-refractivity contribution < 1.29 is 9.63 Å². The fourth-order valence-corrected chi connectivity index (χ4v) is 2.09. The van der Waals surface area contributed by atoms with Crippen molar-refractivity contribution in [1.82, 2.24) is 14.9 Å². The maximum atomic E-state index is 9.00. The van der Waals surface area contributed by atoms with E-state index in [-0.39, 0.29) is 6.73 Å². The zero-order valence-electron chi connectivity index (χ0n) is 12.7. The van der Waals surface area contributed by atoms with Crippen LogP contribution in [0.1, 0.15) is 32.2 Å². The van der Waals surface area contributed by atoms with E-state index in [1.54, 1.807) is 11.6 Å². The highest BCUT2D eigenvalue weighted by Crippen LogP contribution is 2.25. The van der Waals surface area contributed by atoms with Crippen molar-refractivity contribution >= 4 is 11.4 Å². The third kappa shape index (κ3) is 3.05. The molecule has 0 amide bonds. The molecule has 0 unspecified atom stereocenters. The number of anilines is 1. The second-order valence-corrected chi connectivity index (χ2v) is 4.83. The van der Waals surface area contributed by atoms with Gasteiger partial charge in [-0.1, -0.05) is 22.9 Å². The number of hydrogen-bond acceptors (Lipinski definition) is 5. The van der Waals surface area contributed by atoms with Crippen LogP contribution in [0.15, 0.2) is 34.5 Å². The molecule has 112 valence electrons. The quantitative estimate of drug-likeness (QED) is 0.653. The summed E-state index contributed by atoms with van der Waals surface area (Å²) in [5.41, 5.74) is 3.85. The molecule has 2 N–H and O–H groups in total. The Labute approximate surface area is 123 Å². The minimum Gasteiger partial charge on any atom is -0.377 e. The summed E-state index contributed by atoms with van der Waals surface area (Å²) in [5, 5.41) is 20.2. The lowest BCUT2D eigenvalue weighted by Crippen LogP contribution is -2.05. The molecule has 0 saturated heterocycles. The second-order valence-electron chi connectivity index (χ2n) is 4.83. The fourth-order valence-electron chi connectivity index (χ4n) is 2.09. The number of nitrogens with one attached hydrogen (secondary N) is 1. The van der Waals surface area contributed by atoms with Crippen LogP contribution >= 0.6 is 0 Å². The molecule has 0 aliphatic heterocycles. The summed E-state index contributed by atoms with van der Waals surface area (Å²) < 4.78 is 6.86. The van der Waals surface area contributed by atoms with Crippen LogP contribution in [0.25, 0.3) is 11.3 Å². The van der Waals surface area contributed by atoms with Gasteiger partial charge in [-0.15, -0.1) is 0 Å². The predicted molar refractivity (Wildman–Crippen MR) is 82.2 cm³/mol. The van der Waals surface area contributed by atoms with Crippen molar-refractivity contribution in [3.05, 3.63) is 41.4 Å². The van der Waals surface area contributed by atoms with Crippen LogP contribution in [0, 0.1) is 6.92 Å². The Morgan fingerprint density at radius 2 is 2.24 bits per heavy atom. The first-order valence-corrected chi connectivity index (χ1v) is 6.76. The third-order valence-electron chi connectivity index (χ3n) is 3.04. The van der Waals surface area contributed by atoms with Crippen LogP contribution in [0.4, 0.5) is 5.82 Å². The summed E-state index contributed by atoms with van der Waals surface area (Å²) in [7, 11) is 0. The molecule has 0 fully saturated rings. The molecular formula is C15H20N4O2. The highest BCUT2D eigenvalue weighted by Gasteiger charge is 2.16. The van der Waals surface area contributed by atoms with Gasteiger partial charge in [0, 0.05) is 11.8 Å². The van der Waals surface area contributed by atoms with Gasteiger partial charge < -0.3 is 14.9 Å². The van der Waals surface area contributed by atoms with E-state index in [9.17, 15) is 0 Å². The van der Waals surface area contributed by atoms with Gasteiger partial charge in [0.2, 0.25) is 0 Å². The number of hydrogen-bond donors (Lipinski definition) is 2. The fraction of sp³-hybridized carbons (Fsp3) is 0.333. The molecule has 0 aliphatic carbocycles. The minimum absolute atomic E-state index is 0.217.